The second kappa shape index (κ2) is 8.34. The summed E-state index contributed by atoms with van der Waals surface area (Å²) < 4.78 is 20.8. The summed E-state index contributed by atoms with van der Waals surface area (Å²) in [6.45, 7) is 1.72. The molecular weight excluding hydrogens is 234 g/mol. The van der Waals surface area contributed by atoms with Gasteiger partial charge in [0.1, 0.15) is 19.3 Å². The summed E-state index contributed by atoms with van der Waals surface area (Å²) in [4.78, 5) is 0. The molecule has 1 rings (SSSR count). The highest BCUT2D eigenvalue weighted by molar-refractivity contribution is 5.52. The fourth-order valence-corrected chi connectivity index (χ4v) is 1.33. The van der Waals surface area contributed by atoms with Gasteiger partial charge >= 0.3 is 0 Å². The lowest BCUT2D eigenvalue weighted by Crippen LogP contribution is -2.09. The predicted molar refractivity (Wildman–Crippen MR) is 65.9 cm³/mol. The number of nitriles is 1. The molecule has 5 nitrogen and oxygen atoms in total. The zero-order valence-electron chi connectivity index (χ0n) is 10.6. The lowest BCUT2D eigenvalue weighted by atomic mass is 10.2. The van der Waals surface area contributed by atoms with Crippen LogP contribution in [0.5, 0.6) is 11.5 Å². The molecule has 0 aliphatic heterocycles. The molecule has 0 N–H and O–H groups in total. The topological polar surface area (TPSA) is 60.7 Å². The molecule has 0 unspecified atom stereocenters. The smallest absolute Gasteiger partial charge is 0.179 e. The van der Waals surface area contributed by atoms with E-state index in [1.165, 1.54) is 0 Å². The number of para-hydroxylation sites is 1. The zero-order valence-corrected chi connectivity index (χ0v) is 10.6. The first-order chi connectivity index (χ1) is 8.83. The average molecular weight is 251 g/mol. The summed E-state index contributed by atoms with van der Waals surface area (Å²) in [5, 5.41) is 9.03. The minimum Gasteiger partial charge on any atom is -0.487 e. The first-order valence-corrected chi connectivity index (χ1v) is 5.60. The van der Waals surface area contributed by atoms with Crippen LogP contribution in [0.3, 0.4) is 0 Å². The largest absolute Gasteiger partial charge is 0.487 e. The summed E-state index contributed by atoms with van der Waals surface area (Å²) in [6.07, 6.45) is 0. The summed E-state index contributed by atoms with van der Waals surface area (Å²) in [7, 11) is 3.20. The van der Waals surface area contributed by atoms with Gasteiger partial charge in [0.25, 0.3) is 0 Å². The van der Waals surface area contributed by atoms with Gasteiger partial charge < -0.3 is 18.9 Å². The van der Waals surface area contributed by atoms with Crippen LogP contribution in [0, 0.1) is 11.3 Å². The second-order valence-corrected chi connectivity index (χ2v) is 3.43. The van der Waals surface area contributed by atoms with E-state index in [1.807, 2.05) is 0 Å². The summed E-state index contributed by atoms with van der Waals surface area (Å²) >= 11 is 0. The summed E-state index contributed by atoms with van der Waals surface area (Å²) in [6, 6.07) is 7.28. The highest BCUT2D eigenvalue weighted by atomic mass is 16.5. The molecule has 0 saturated heterocycles. The van der Waals surface area contributed by atoms with Gasteiger partial charge in [0.2, 0.25) is 0 Å². The maximum atomic E-state index is 9.03. The molecule has 0 atom stereocenters. The monoisotopic (exact) mass is 251 g/mol. The van der Waals surface area contributed by atoms with E-state index in [2.05, 4.69) is 6.07 Å². The molecule has 0 radical (unpaired) electrons. The van der Waals surface area contributed by atoms with Crippen LogP contribution in [-0.2, 0) is 9.47 Å². The molecule has 0 fully saturated rings. The Kier molecular flexibility index (Phi) is 6.62. The van der Waals surface area contributed by atoms with Crippen LogP contribution in [0.25, 0.3) is 0 Å². The molecule has 0 amide bonds. The van der Waals surface area contributed by atoms with Crippen molar-refractivity contribution in [1.82, 2.24) is 0 Å². The lowest BCUT2D eigenvalue weighted by Gasteiger charge is -2.13. The van der Waals surface area contributed by atoms with Gasteiger partial charge in [-0.15, -0.1) is 0 Å². The zero-order chi connectivity index (χ0) is 13.2. The first kappa shape index (κ1) is 14.3. The number of hydrogen-bond donors (Lipinski definition) is 0. The SMILES string of the molecule is COCCOc1cccc(C#N)c1OCCOC. The van der Waals surface area contributed by atoms with Crippen LogP contribution in [-0.4, -0.2) is 40.6 Å². The van der Waals surface area contributed by atoms with E-state index in [0.717, 1.165) is 0 Å². The summed E-state index contributed by atoms with van der Waals surface area (Å²) in [5.41, 5.74) is 0.445. The summed E-state index contributed by atoms with van der Waals surface area (Å²) in [5.74, 6) is 0.996. The van der Waals surface area contributed by atoms with Crippen molar-refractivity contribution in [1.29, 1.82) is 5.26 Å². The van der Waals surface area contributed by atoms with Crippen LogP contribution in [0.15, 0.2) is 18.2 Å². The third-order valence-corrected chi connectivity index (χ3v) is 2.18. The van der Waals surface area contributed by atoms with E-state index in [9.17, 15) is 0 Å². The van der Waals surface area contributed by atoms with Gasteiger partial charge in [-0.2, -0.15) is 5.26 Å². The Hall–Kier alpha value is -1.77. The van der Waals surface area contributed by atoms with Gasteiger partial charge in [-0.1, -0.05) is 6.07 Å². The number of benzene rings is 1. The molecule has 0 aromatic heterocycles. The van der Waals surface area contributed by atoms with E-state index in [4.69, 9.17) is 24.2 Å². The minimum absolute atomic E-state index is 0.371. The van der Waals surface area contributed by atoms with Crippen molar-refractivity contribution < 1.29 is 18.9 Å². The van der Waals surface area contributed by atoms with Crippen LogP contribution in [0.2, 0.25) is 0 Å². The van der Waals surface area contributed by atoms with Crippen molar-refractivity contribution in [2.75, 3.05) is 40.6 Å². The molecule has 1 aromatic rings. The van der Waals surface area contributed by atoms with Crippen molar-refractivity contribution in [2.24, 2.45) is 0 Å². The molecule has 0 heterocycles. The second-order valence-electron chi connectivity index (χ2n) is 3.43. The lowest BCUT2D eigenvalue weighted by molar-refractivity contribution is 0.132. The molecule has 5 heteroatoms. The van der Waals surface area contributed by atoms with Crippen molar-refractivity contribution in [3.8, 4) is 17.6 Å². The highest BCUT2D eigenvalue weighted by Gasteiger charge is 2.10. The Labute approximate surface area is 107 Å². The van der Waals surface area contributed by atoms with Crippen molar-refractivity contribution in [2.45, 2.75) is 0 Å². The van der Waals surface area contributed by atoms with Crippen LogP contribution in [0.4, 0.5) is 0 Å². The van der Waals surface area contributed by atoms with Crippen LogP contribution in [0.1, 0.15) is 5.56 Å². The van der Waals surface area contributed by atoms with E-state index >= 15 is 0 Å². The van der Waals surface area contributed by atoms with Gasteiger partial charge in [-0.25, -0.2) is 0 Å². The van der Waals surface area contributed by atoms with Gasteiger partial charge in [-0.05, 0) is 12.1 Å². The van der Waals surface area contributed by atoms with E-state index in [0.29, 0.717) is 43.5 Å². The minimum atomic E-state index is 0.371. The van der Waals surface area contributed by atoms with Crippen LogP contribution >= 0.6 is 0 Å². The number of rotatable bonds is 8. The molecule has 0 saturated carbocycles. The van der Waals surface area contributed by atoms with E-state index in [1.54, 1.807) is 32.4 Å². The molecule has 0 bridgehead atoms. The normalized spacial score (nSPS) is 9.83. The molecule has 0 aliphatic carbocycles. The Morgan fingerprint density at radius 3 is 2.28 bits per heavy atom. The van der Waals surface area contributed by atoms with E-state index < -0.39 is 0 Å². The highest BCUT2D eigenvalue weighted by Crippen LogP contribution is 2.30. The van der Waals surface area contributed by atoms with Crippen LogP contribution < -0.4 is 9.47 Å². The van der Waals surface area contributed by atoms with Gasteiger partial charge in [0.05, 0.1) is 18.8 Å². The standard InChI is InChI=1S/C13H17NO4/c1-15-6-8-17-12-5-3-4-11(10-14)13(12)18-9-7-16-2/h3-5H,6-9H2,1-2H3. The molecule has 1 aromatic carbocycles. The number of nitrogens with zero attached hydrogens (tertiary/aromatic N) is 1. The number of hydrogen-bond acceptors (Lipinski definition) is 5. The molecular formula is C13H17NO4. The predicted octanol–water partition coefficient (Wildman–Crippen LogP) is 1.61. The van der Waals surface area contributed by atoms with Crippen molar-refractivity contribution in [3.05, 3.63) is 23.8 Å². The molecule has 0 spiro atoms. The molecule has 98 valence electrons. The van der Waals surface area contributed by atoms with Gasteiger partial charge in [-0.3, -0.25) is 0 Å². The maximum Gasteiger partial charge on any atom is 0.179 e. The Morgan fingerprint density at radius 2 is 1.67 bits per heavy atom. The third-order valence-electron chi connectivity index (χ3n) is 2.18. The third kappa shape index (κ3) is 4.24. The Balaban J connectivity index is 2.77. The van der Waals surface area contributed by atoms with Gasteiger partial charge in [0, 0.05) is 14.2 Å². The Bertz CT molecular complexity index is 400. The maximum absolute atomic E-state index is 9.03. The van der Waals surface area contributed by atoms with Crippen molar-refractivity contribution in [3.63, 3.8) is 0 Å². The Morgan fingerprint density at radius 1 is 1.00 bits per heavy atom. The number of methoxy groups -OCH3 is 2. The number of ether oxygens (including phenoxy) is 4. The fraction of sp³-hybridized carbons (Fsp3) is 0.462. The fourth-order valence-electron chi connectivity index (χ4n) is 1.33. The van der Waals surface area contributed by atoms with E-state index in [-0.39, 0.29) is 0 Å². The van der Waals surface area contributed by atoms with Crippen molar-refractivity contribution >= 4 is 0 Å². The van der Waals surface area contributed by atoms with Gasteiger partial charge in [0.15, 0.2) is 11.5 Å². The molecule has 18 heavy (non-hydrogen) atoms. The average Bonchev–Trinajstić information content (AvgIpc) is 2.40. The molecule has 0 aliphatic rings. The quantitative estimate of drug-likeness (QED) is 0.657. The first-order valence-electron chi connectivity index (χ1n) is 5.60.